The van der Waals surface area contributed by atoms with Crippen LogP contribution in [0.5, 0.6) is 5.88 Å². The maximum absolute atomic E-state index is 9.46. The molecule has 0 aliphatic heterocycles. The van der Waals surface area contributed by atoms with Gasteiger partial charge in [0.05, 0.1) is 11.9 Å². The number of aryl methyl sites for hydroxylation is 2. The molecular weight excluding hydrogens is 176 g/mol. The molecule has 0 aliphatic carbocycles. The van der Waals surface area contributed by atoms with Gasteiger partial charge in [0.2, 0.25) is 5.88 Å². The van der Waals surface area contributed by atoms with Gasteiger partial charge in [0.1, 0.15) is 0 Å². The quantitative estimate of drug-likeness (QED) is 0.745. The molecule has 2 aromatic rings. The molecule has 0 atom stereocenters. The van der Waals surface area contributed by atoms with Crippen LogP contribution in [0.3, 0.4) is 0 Å². The smallest absolute Gasteiger partial charge is 0.214 e. The molecule has 0 saturated carbocycles. The molecule has 3 heteroatoms. The fourth-order valence-electron chi connectivity index (χ4n) is 1.35. The third-order valence-corrected chi connectivity index (χ3v) is 2.36. The minimum Gasteiger partial charge on any atom is -0.493 e. The monoisotopic (exact) mass is 188 g/mol. The molecule has 0 bridgehead atoms. The Labute approximate surface area is 82.6 Å². The fraction of sp³-hybridized carbons (Fsp3) is 0.182. The summed E-state index contributed by atoms with van der Waals surface area (Å²) in [5, 5.41) is 13.5. The summed E-state index contributed by atoms with van der Waals surface area (Å²) >= 11 is 0. The Morgan fingerprint density at radius 3 is 2.50 bits per heavy atom. The highest BCUT2D eigenvalue weighted by molar-refractivity contribution is 5.40. The molecule has 0 spiro atoms. The lowest BCUT2D eigenvalue weighted by Gasteiger charge is -2.05. The van der Waals surface area contributed by atoms with E-state index in [-0.39, 0.29) is 5.88 Å². The summed E-state index contributed by atoms with van der Waals surface area (Å²) in [6.07, 6.45) is 1.57. The second kappa shape index (κ2) is 3.18. The molecule has 0 aliphatic rings. The van der Waals surface area contributed by atoms with Gasteiger partial charge in [0.15, 0.2) is 0 Å². The van der Waals surface area contributed by atoms with Crippen LogP contribution in [-0.2, 0) is 0 Å². The van der Waals surface area contributed by atoms with E-state index in [0.29, 0.717) is 0 Å². The van der Waals surface area contributed by atoms with Crippen LogP contribution in [0, 0.1) is 13.8 Å². The average molecular weight is 188 g/mol. The van der Waals surface area contributed by atoms with Crippen molar-refractivity contribution in [2.24, 2.45) is 0 Å². The molecule has 0 unspecified atom stereocenters. The topological polar surface area (TPSA) is 38.0 Å². The van der Waals surface area contributed by atoms with Gasteiger partial charge in [0.25, 0.3) is 0 Å². The summed E-state index contributed by atoms with van der Waals surface area (Å²) in [7, 11) is 0. The van der Waals surface area contributed by atoms with Crippen LogP contribution in [0.15, 0.2) is 30.5 Å². The van der Waals surface area contributed by atoms with Crippen molar-refractivity contribution in [2.45, 2.75) is 13.8 Å². The maximum Gasteiger partial charge on any atom is 0.214 e. The van der Waals surface area contributed by atoms with Crippen LogP contribution in [0.25, 0.3) is 5.69 Å². The Morgan fingerprint density at radius 2 is 1.93 bits per heavy atom. The number of aromatic nitrogens is 2. The summed E-state index contributed by atoms with van der Waals surface area (Å²) in [4.78, 5) is 0. The number of aromatic hydroxyl groups is 1. The highest BCUT2D eigenvalue weighted by Gasteiger charge is 2.03. The number of benzene rings is 1. The largest absolute Gasteiger partial charge is 0.493 e. The van der Waals surface area contributed by atoms with Crippen molar-refractivity contribution in [3.8, 4) is 11.6 Å². The third-order valence-electron chi connectivity index (χ3n) is 2.36. The van der Waals surface area contributed by atoms with Crippen molar-refractivity contribution < 1.29 is 5.11 Å². The molecule has 0 amide bonds. The molecule has 0 saturated heterocycles. The molecule has 1 N–H and O–H groups in total. The van der Waals surface area contributed by atoms with Crippen LogP contribution >= 0.6 is 0 Å². The number of nitrogens with zero attached hydrogens (tertiary/aromatic N) is 2. The number of hydrogen-bond acceptors (Lipinski definition) is 2. The van der Waals surface area contributed by atoms with E-state index < -0.39 is 0 Å². The highest BCUT2D eigenvalue weighted by Crippen LogP contribution is 2.17. The van der Waals surface area contributed by atoms with E-state index in [1.807, 2.05) is 25.1 Å². The Bertz CT molecular complexity index is 460. The first kappa shape index (κ1) is 8.81. The van der Waals surface area contributed by atoms with Gasteiger partial charge in [-0.1, -0.05) is 6.07 Å². The highest BCUT2D eigenvalue weighted by atomic mass is 16.3. The molecule has 0 radical (unpaired) electrons. The SMILES string of the molecule is Cc1ccc(-n2nccc2O)cc1C. The van der Waals surface area contributed by atoms with Crippen molar-refractivity contribution in [1.82, 2.24) is 9.78 Å². The Hall–Kier alpha value is -1.77. The zero-order valence-electron chi connectivity index (χ0n) is 8.23. The van der Waals surface area contributed by atoms with Crippen molar-refractivity contribution >= 4 is 0 Å². The molecule has 72 valence electrons. The summed E-state index contributed by atoms with van der Waals surface area (Å²) in [5.74, 6) is 0.160. The van der Waals surface area contributed by atoms with E-state index in [4.69, 9.17) is 0 Å². The van der Waals surface area contributed by atoms with Gasteiger partial charge in [-0.15, -0.1) is 0 Å². The van der Waals surface area contributed by atoms with Gasteiger partial charge < -0.3 is 5.11 Å². The van der Waals surface area contributed by atoms with Crippen molar-refractivity contribution in [3.05, 3.63) is 41.6 Å². The van der Waals surface area contributed by atoms with Gasteiger partial charge in [0, 0.05) is 6.07 Å². The Morgan fingerprint density at radius 1 is 1.14 bits per heavy atom. The van der Waals surface area contributed by atoms with Crippen LogP contribution < -0.4 is 0 Å². The predicted molar refractivity (Wildman–Crippen MR) is 54.7 cm³/mol. The van der Waals surface area contributed by atoms with Crippen molar-refractivity contribution in [2.75, 3.05) is 0 Å². The van der Waals surface area contributed by atoms with Gasteiger partial charge in [-0.25, -0.2) is 4.68 Å². The molecule has 14 heavy (non-hydrogen) atoms. The van der Waals surface area contributed by atoms with E-state index in [0.717, 1.165) is 5.69 Å². The molecule has 0 fully saturated rings. The minimum atomic E-state index is 0.160. The lowest BCUT2D eigenvalue weighted by atomic mass is 10.1. The normalized spacial score (nSPS) is 10.4. The van der Waals surface area contributed by atoms with Gasteiger partial charge in [-0.3, -0.25) is 0 Å². The molecule has 1 aromatic heterocycles. The Kier molecular flexibility index (Phi) is 2.00. The first-order valence-electron chi connectivity index (χ1n) is 4.49. The lowest BCUT2D eigenvalue weighted by molar-refractivity contribution is 0.433. The van der Waals surface area contributed by atoms with Crippen molar-refractivity contribution in [3.63, 3.8) is 0 Å². The predicted octanol–water partition coefficient (Wildman–Crippen LogP) is 2.19. The zero-order chi connectivity index (χ0) is 10.1. The van der Waals surface area contributed by atoms with E-state index in [1.165, 1.54) is 15.8 Å². The number of rotatable bonds is 1. The van der Waals surface area contributed by atoms with E-state index in [9.17, 15) is 5.11 Å². The van der Waals surface area contributed by atoms with Crippen LogP contribution in [-0.4, -0.2) is 14.9 Å². The lowest BCUT2D eigenvalue weighted by Crippen LogP contribution is -1.96. The maximum atomic E-state index is 9.46. The molecule has 2 rings (SSSR count). The van der Waals surface area contributed by atoms with Gasteiger partial charge >= 0.3 is 0 Å². The minimum absolute atomic E-state index is 0.160. The van der Waals surface area contributed by atoms with Crippen molar-refractivity contribution in [1.29, 1.82) is 0 Å². The van der Waals surface area contributed by atoms with Crippen LogP contribution in [0.4, 0.5) is 0 Å². The number of hydrogen-bond donors (Lipinski definition) is 1. The second-order valence-corrected chi connectivity index (χ2v) is 3.37. The third kappa shape index (κ3) is 1.37. The molecular formula is C11H12N2O. The van der Waals surface area contributed by atoms with Crippen LogP contribution in [0.1, 0.15) is 11.1 Å². The molecule has 1 heterocycles. The Balaban J connectivity index is 2.53. The zero-order valence-corrected chi connectivity index (χ0v) is 8.23. The van der Waals surface area contributed by atoms with E-state index in [2.05, 4.69) is 12.0 Å². The standard InChI is InChI=1S/C11H12N2O/c1-8-3-4-10(7-9(8)2)13-11(14)5-6-12-13/h3-7,14H,1-2H3. The first-order valence-corrected chi connectivity index (χ1v) is 4.49. The second-order valence-electron chi connectivity index (χ2n) is 3.37. The summed E-state index contributed by atoms with van der Waals surface area (Å²) in [6.45, 7) is 4.10. The average Bonchev–Trinajstić information content (AvgIpc) is 2.57. The molecule has 3 nitrogen and oxygen atoms in total. The summed E-state index contributed by atoms with van der Waals surface area (Å²) in [5.41, 5.74) is 3.31. The van der Waals surface area contributed by atoms with Crippen LogP contribution in [0.2, 0.25) is 0 Å². The van der Waals surface area contributed by atoms with E-state index >= 15 is 0 Å². The van der Waals surface area contributed by atoms with E-state index in [1.54, 1.807) is 12.3 Å². The first-order chi connectivity index (χ1) is 6.68. The summed E-state index contributed by atoms with van der Waals surface area (Å²) < 4.78 is 1.51. The fourth-order valence-corrected chi connectivity index (χ4v) is 1.35. The summed E-state index contributed by atoms with van der Waals surface area (Å²) in [6, 6.07) is 7.53. The van der Waals surface area contributed by atoms with Gasteiger partial charge in [-0.2, -0.15) is 5.10 Å². The van der Waals surface area contributed by atoms with Gasteiger partial charge in [-0.05, 0) is 37.1 Å². The molecule has 1 aromatic carbocycles.